The van der Waals surface area contributed by atoms with Gasteiger partial charge in [0.2, 0.25) is 10.0 Å². The predicted molar refractivity (Wildman–Crippen MR) is 72.8 cm³/mol. The number of hydrogen-bond acceptors (Lipinski definition) is 3. The van der Waals surface area contributed by atoms with E-state index in [4.69, 9.17) is 0 Å². The first kappa shape index (κ1) is 13.5. The van der Waals surface area contributed by atoms with Crippen molar-refractivity contribution in [1.29, 1.82) is 0 Å². The minimum Gasteiger partial charge on any atom is -0.316 e. The molecular formula is C13H20N2O2S. The van der Waals surface area contributed by atoms with Crippen molar-refractivity contribution in [3.05, 3.63) is 35.4 Å². The van der Waals surface area contributed by atoms with Gasteiger partial charge in [0.1, 0.15) is 0 Å². The van der Waals surface area contributed by atoms with E-state index in [1.165, 1.54) is 5.56 Å². The first-order valence-electron chi connectivity index (χ1n) is 6.29. The highest BCUT2D eigenvalue weighted by molar-refractivity contribution is 7.89. The molecule has 1 aromatic rings. The minimum absolute atomic E-state index is 0.228. The lowest BCUT2D eigenvalue weighted by molar-refractivity contribution is 0.557. The Morgan fingerprint density at radius 3 is 2.67 bits per heavy atom. The molecule has 2 N–H and O–H groups in total. The molecule has 4 nitrogen and oxygen atoms in total. The molecule has 1 heterocycles. The quantitative estimate of drug-likeness (QED) is 0.838. The number of rotatable bonds is 5. The molecule has 1 atom stereocenters. The minimum atomic E-state index is -3.16. The number of aryl methyl sites for hydroxylation is 1. The molecule has 1 fully saturated rings. The van der Waals surface area contributed by atoms with E-state index in [-0.39, 0.29) is 11.7 Å². The number of hydrogen-bond donors (Lipinski definition) is 2. The van der Waals surface area contributed by atoms with Crippen LogP contribution in [0.4, 0.5) is 0 Å². The number of benzene rings is 1. The summed E-state index contributed by atoms with van der Waals surface area (Å²) in [7, 11) is -3.16. The summed E-state index contributed by atoms with van der Waals surface area (Å²) in [6.07, 6.45) is 0.950. The Kier molecular flexibility index (Phi) is 4.37. The third-order valence-electron chi connectivity index (χ3n) is 3.23. The van der Waals surface area contributed by atoms with Gasteiger partial charge < -0.3 is 5.32 Å². The highest BCUT2D eigenvalue weighted by Crippen LogP contribution is 2.10. The van der Waals surface area contributed by atoms with E-state index in [1.54, 1.807) is 0 Å². The molecule has 1 aliphatic heterocycles. The zero-order chi connectivity index (χ0) is 13.0. The molecule has 0 saturated carbocycles. The zero-order valence-electron chi connectivity index (χ0n) is 10.6. The van der Waals surface area contributed by atoms with Gasteiger partial charge in [-0.25, -0.2) is 13.1 Å². The summed E-state index contributed by atoms with van der Waals surface area (Å²) in [6, 6.07) is 7.89. The summed E-state index contributed by atoms with van der Waals surface area (Å²) in [5, 5.41) is 3.18. The van der Waals surface area contributed by atoms with Crippen molar-refractivity contribution in [2.75, 3.05) is 18.8 Å². The maximum Gasteiger partial charge on any atom is 0.212 e. The summed E-state index contributed by atoms with van der Waals surface area (Å²) in [6.45, 7) is 4.13. The molecule has 1 aliphatic rings. The molecule has 0 radical (unpaired) electrons. The third kappa shape index (κ3) is 4.08. The van der Waals surface area contributed by atoms with Crippen LogP contribution < -0.4 is 10.0 Å². The van der Waals surface area contributed by atoms with E-state index in [2.05, 4.69) is 10.0 Å². The first-order valence-corrected chi connectivity index (χ1v) is 7.94. The molecule has 0 amide bonds. The fraction of sp³-hybridized carbons (Fsp3) is 0.538. The fourth-order valence-electron chi connectivity index (χ4n) is 2.13. The molecule has 100 valence electrons. The molecule has 0 aromatic heterocycles. The Morgan fingerprint density at radius 2 is 2.06 bits per heavy atom. The van der Waals surface area contributed by atoms with Crippen LogP contribution in [0.25, 0.3) is 0 Å². The van der Waals surface area contributed by atoms with E-state index in [0.717, 1.165) is 25.1 Å². The summed E-state index contributed by atoms with van der Waals surface area (Å²) in [5.41, 5.74) is 2.17. The molecule has 1 aromatic carbocycles. The van der Waals surface area contributed by atoms with Crippen LogP contribution in [-0.2, 0) is 16.6 Å². The second-order valence-electron chi connectivity index (χ2n) is 4.95. The Morgan fingerprint density at radius 1 is 1.33 bits per heavy atom. The van der Waals surface area contributed by atoms with Crippen molar-refractivity contribution >= 4 is 10.0 Å². The van der Waals surface area contributed by atoms with Crippen LogP contribution in [0, 0.1) is 12.8 Å². The fourth-order valence-corrected chi connectivity index (χ4v) is 3.53. The van der Waals surface area contributed by atoms with Crippen molar-refractivity contribution in [2.45, 2.75) is 19.9 Å². The Balaban J connectivity index is 1.86. The van der Waals surface area contributed by atoms with Gasteiger partial charge in [0, 0.05) is 6.54 Å². The van der Waals surface area contributed by atoms with E-state index < -0.39 is 10.0 Å². The van der Waals surface area contributed by atoms with Crippen molar-refractivity contribution in [2.24, 2.45) is 5.92 Å². The lowest BCUT2D eigenvalue weighted by Crippen LogP contribution is -2.30. The highest BCUT2D eigenvalue weighted by atomic mass is 32.2. The topological polar surface area (TPSA) is 58.2 Å². The second kappa shape index (κ2) is 5.82. The molecule has 5 heteroatoms. The number of nitrogens with one attached hydrogen (secondary N) is 2. The molecule has 1 saturated heterocycles. The van der Waals surface area contributed by atoms with Crippen LogP contribution in [0.3, 0.4) is 0 Å². The van der Waals surface area contributed by atoms with Gasteiger partial charge in [0.25, 0.3) is 0 Å². The van der Waals surface area contributed by atoms with Crippen LogP contribution in [-0.4, -0.2) is 27.3 Å². The van der Waals surface area contributed by atoms with Gasteiger partial charge in [-0.15, -0.1) is 0 Å². The Bertz CT molecular complexity index is 476. The summed E-state index contributed by atoms with van der Waals surface area (Å²) < 4.78 is 26.4. The Hall–Kier alpha value is -0.910. The van der Waals surface area contributed by atoms with E-state index in [9.17, 15) is 8.42 Å². The average molecular weight is 268 g/mol. The molecule has 2 rings (SSSR count). The van der Waals surface area contributed by atoms with Gasteiger partial charge >= 0.3 is 0 Å². The summed E-state index contributed by atoms with van der Waals surface area (Å²) in [4.78, 5) is 0. The number of sulfonamides is 1. The molecular weight excluding hydrogens is 248 g/mol. The van der Waals surface area contributed by atoms with Crippen LogP contribution >= 0.6 is 0 Å². The first-order chi connectivity index (χ1) is 8.55. The van der Waals surface area contributed by atoms with Gasteiger partial charge in [-0.2, -0.15) is 0 Å². The lowest BCUT2D eigenvalue weighted by Gasteiger charge is -2.10. The molecule has 0 bridgehead atoms. The highest BCUT2D eigenvalue weighted by Gasteiger charge is 2.21. The van der Waals surface area contributed by atoms with E-state index in [1.807, 2.05) is 31.2 Å². The smallest absolute Gasteiger partial charge is 0.212 e. The van der Waals surface area contributed by atoms with Gasteiger partial charge in [-0.3, -0.25) is 0 Å². The maximum atomic E-state index is 11.9. The second-order valence-corrected chi connectivity index (χ2v) is 6.80. The lowest BCUT2D eigenvalue weighted by atomic mass is 10.2. The summed E-state index contributed by atoms with van der Waals surface area (Å²) in [5.74, 6) is 0.479. The standard InChI is InChI=1S/C13H20N2O2S/c1-11-2-4-12(5-3-11)9-15-18(16,17)10-13-6-7-14-8-13/h2-5,13-15H,6-10H2,1H3. The van der Waals surface area contributed by atoms with Crippen molar-refractivity contribution < 1.29 is 8.42 Å². The van der Waals surface area contributed by atoms with E-state index >= 15 is 0 Å². The molecule has 0 aliphatic carbocycles. The molecule has 1 unspecified atom stereocenters. The van der Waals surface area contributed by atoms with Crippen LogP contribution in [0.5, 0.6) is 0 Å². The third-order valence-corrected chi connectivity index (χ3v) is 4.73. The predicted octanol–water partition coefficient (Wildman–Crippen LogP) is 1.02. The maximum absolute atomic E-state index is 11.9. The monoisotopic (exact) mass is 268 g/mol. The van der Waals surface area contributed by atoms with Crippen molar-refractivity contribution in [1.82, 2.24) is 10.0 Å². The van der Waals surface area contributed by atoms with Crippen LogP contribution in [0.1, 0.15) is 17.5 Å². The summed E-state index contributed by atoms with van der Waals surface area (Å²) >= 11 is 0. The van der Waals surface area contributed by atoms with Crippen molar-refractivity contribution in [3.8, 4) is 0 Å². The Labute approximate surface area is 109 Å². The average Bonchev–Trinajstić information content (AvgIpc) is 2.80. The zero-order valence-corrected chi connectivity index (χ0v) is 11.5. The van der Waals surface area contributed by atoms with Gasteiger partial charge in [-0.1, -0.05) is 29.8 Å². The molecule has 18 heavy (non-hydrogen) atoms. The van der Waals surface area contributed by atoms with Gasteiger partial charge in [-0.05, 0) is 37.9 Å². The van der Waals surface area contributed by atoms with Gasteiger partial charge in [0.15, 0.2) is 0 Å². The normalized spacial score (nSPS) is 20.2. The molecule has 0 spiro atoms. The van der Waals surface area contributed by atoms with Crippen LogP contribution in [0.2, 0.25) is 0 Å². The largest absolute Gasteiger partial charge is 0.316 e. The van der Waals surface area contributed by atoms with Crippen molar-refractivity contribution in [3.63, 3.8) is 0 Å². The SMILES string of the molecule is Cc1ccc(CNS(=O)(=O)CC2CCNC2)cc1. The van der Waals surface area contributed by atoms with E-state index in [0.29, 0.717) is 6.54 Å². The van der Waals surface area contributed by atoms with Crippen LogP contribution in [0.15, 0.2) is 24.3 Å². The van der Waals surface area contributed by atoms with Gasteiger partial charge in [0.05, 0.1) is 5.75 Å².